The van der Waals surface area contributed by atoms with Gasteiger partial charge in [0.1, 0.15) is 5.75 Å². The smallest absolute Gasteiger partial charge is 0.313 e. The molecule has 1 aromatic carbocycles. The Kier molecular flexibility index (Phi) is 7.19. The molecule has 2 aliphatic heterocycles. The molecule has 2 amide bonds. The Balaban J connectivity index is 1.67. The van der Waals surface area contributed by atoms with Crippen LogP contribution in [0.5, 0.6) is 5.75 Å². The number of likely N-dealkylation sites (N-methyl/N-ethyl adjacent to an activating group) is 1. The summed E-state index contributed by atoms with van der Waals surface area (Å²) in [5.41, 5.74) is 0.697. The largest absolute Gasteiger partial charge is 0.495 e. The van der Waals surface area contributed by atoms with Gasteiger partial charge < -0.3 is 15.4 Å². The van der Waals surface area contributed by atoms with Crippen molar-refractivity contribution in [2.24, 2.45) is 0 Å². The van der Waals surface area contributed by atoms with Gasteiger partial charge in [-0.1, -0.05) is 6.92 Å². The summed E-state index contributed by atoms with van der Waals surface area (Å²) in [6.45, 7) is 4.79. The van der Waals surface area contributed by atoms with Crippen LogP contribution in [0.1, 0.15) is 32.6 Å². The molecular weight excluding hydrogens is 408 g/mol. The number of methoxy groups -OCH3 is 1. The average Bonchev–Trinajstić information content (AvgIpc) is 3.19. The van der Waals surface area contributed by atoms with E-state index in [0.29, 0.717) is 36.6 Å². The first-order chi connectivity index (χ1) is 14.4. The van der Waals surface area contributed by atoms with Crippen LogP contribution in [0.4, 0.5) is 11.4 Å². The fourth-order valence-corrected chi connectivity index (χ4v) is 5.68. The first-order valence-corrected chi connectivity index (χ1v) is 12.0. The fraction of sp³-hybridized carbons (Fsp3) is 0.600. The minimum Gasteiger partial charge on any atom is -0.495 e. The van der Waals surface area contributed by atoms with Crippen LogP contribution >= 0.6 is 0 Å². The zero-order chi connectivity index (χ0) is 21.7. The molecule has 0 aliphatic carbocycles. The molecule has 0 aromatic heterocycles. The number of hydrogen-bond acceptors (Lipinski definition) is 6. The predicted molar refractivity (Wildman–Crippen MR) is 115 cm³/mol. The van der Waals surface area contributed by atoms with E-state index in [-0.39, 0.29) is 11.8 Å². The number of amides is 2. The first-order valence-electron chi connectivity index (χ1n) is 10.4. The number of anilines is 2. The van der Waals surface area contributed by atoms with Crippen molar-refractivity contribution in [3.05, 3.63) is 18.2 Å². The van der Waals surface area contributed by atoms with E-state index in [1.165, 1.54) is 17.5 Å². The molecule has 1 aromatic rings. The van der Waals surface area contributed by atoms with Crippen LogP contribution < -0.4 is 19.7 Å². The molecule has 3 rings (SSSR count). The van der Waals surface area contributed by atoms with E-state index in [9.17, 15) is 18.0 Å². The van der Waals surface area contributed by atoms with Gasteiger partial charge in [0.25, 0.3) is 0 Å². The molecule has 0 bridgehead atoms. The highest BCUT2D eigenvalue weighted by atomic mass is 32.2. The van der Waals surface area contributed by atoms with Gasteiger partial charge in [0.2, 0.25) is 10.0 Å². The number of carbonyl (C=O) groups excluding carboxylic acids is 2. The SMILES string of the molecule is CCN1CCC[C@@H]1CNC(=O)C(=O)Nc1ccc(OC)c(N2CCCCS2(=O)=O)c1. The third-order valence-electron chi connectivity index (χ3n) is 5.66. The van der Waals surface area contributed by atoms with Crippen molar-refractivity contribution in [2.75, 3.05) is 48.7 Å². The van der Waals surface area contributed by atoms with Crippen molar-refractivity contribution < 1.29 is 22.7 Å². The maximum atomic E-state index is 12.5. The molecule has 2 saturated heterocycles. The summed E-state index contributed by atoms with van der Waals surface area (Å²) >= 11 is 0. The second-order valence-electron chi connectivity index (χ2n) is 7.57. The number of benzene rings is 1. The maximum Gasteiger partial charge on any atom is 0.313 e. The molecule has 10 heteroatoms. The number of rotatable bonds is 6. The summed E-state index contributed by atoms with van der Waals surface area (Å²) in [6.07, 6.45) is 3.46. The molecule has 9 nitrogen and oxygen atoms in total. The standard InChI is InChI=1S/C20H30N4O5S/c1-3-23-10-6-7-16(23)14-21-19(25)20(26)22-15-8-9-18(29-2)17(13-15)24-11-4-5-12-30(24,27)28/h8-9,13,16H,3-7,10-12,14H2,1-2H3,(H,21,25)(H,22,26)/t16-/m1/s1. The molecule has 0 spiro atoms. The predicted octanol–water partition coefficient (Wildman–Crippen LogP) is 1.16. The molecule has 2 N–H and O–H groups in total. The van der Waals surface area contributed by atoms with Gasteiger partial charge in [-0.05, 0) is 57.0 Å². The second-order valence-corrected chi connectivity index (χ2v) is 9.58. The molecule has 2 fully saturated rings. The zero-order valence-electron chi connectivity index (χ0n) is 17.5. The van der Waals surface area contributed by atoms with Gasteiger partial charge in [-0.15, -0.1) is 0 Å². The zero-order valence-corrected chi connectivity index (χ0v) is 18.3. The molecule has 0 unspecified atom stereocenters. The Morgan fingerprint density at radius 2 is 1.97 bits per heavy atom. The second kappa shape index (κ2) is 9.65. The Bertz CT molecular complexity index is 889. The molecule has 2 heterocycles. The highest BCUT2D eigenvalue weighted by molar-refractivity contribution is 7.92. The molecule has 30 heavy (non-hydrogen) atoms. The first kappa shape index (κ1) is 22.4. The minimum atomic E-state index is -3.44. The summed E-state index contributed by atoms with van der Waals surface area (Å²) in [7, 11) is -1.98. The molecule has 1 atom stereocenters. The molecule has 0 radical (unpaired) electrons. The molecular formula is C20H30N4O5S. The normalized spacial score (nSPS) is 21.3. The Hall–Kier alpha value is -2.33. The van der Waals surface area contributed by atoms with Gasteiger partial charge in [-0.25, -0.2) is 8.42 Å². The molecule has 0 saturated carbocycles. The lowest BCUT2D eigenvalue weighted by Gasteiger charge is -2.29. The van der Waals surface area contributed by atoms with E-state index in [0.717, 1.165) is 32.4 Å². The molecule has 166 valence electrons. The van der Waals surface area contributed by atoms with Gasteiger partial charge in [0, 0.05) is 24.8 Å². The van der Waals surface area contributed by atoms with Crippen LogP contribution in [0.3, 0.4) is 0 Å². The number of likely N-dealkylation sites (tertiary alicyclic amines) is 1. The highest BCUT2D eigenvalue weighted by Crippen LogP contribution is 2.35. The lowest BCUT2D eigenvalue weighted by Crippen LogP contribution is -2.43. The minimum absolute atomic E-state index is 0.0745. The quantitative estimate of drug-likeness (QED) is 0.646. The number of carbonyl (C=O) groups is 2. The summed E-state index contributed by atoms with van der Waals surface area (Å²) in [5.74, 6) is -1.02. The van der Waals surface area contributed by atoms with E-state index in [1.807, 2.05) is 0 Å². The van der Waals surface area contributed by atoms with E-state index in [1.54, 1.807) is 12.1 Å². The summed E-state index contributed by atoms with van der Waals surface area (Å²) in [5, 5.41) is 5.26. The number of nitrogens with zero attached hydrogens (tertiary/aromatic N) is 2. The summed E-state index contributed by atoms with van der Waals surface area (Å²) in [4.78, 5) is 26.9. The Labute approximate surface area is 177 Å². The topological polar surface area (TPSA) is 108 Å². The third kappa shape index (κ3) is 5.04. The molecule has 2 aliphatic rings. The van der Waals surface area contributed by atoms with E-state index >= 15 is 0 Å². The highest BCUT2D eigenvalue weighted by Gasteiger charge is 2.29. The maximum absolute atomic E-state index is 12.5. The lowest BCUT2D eigenvalue weighted by molar-refractivity contribution is -0.136. The van der Waals surface area contributed by atoms with Crippen LogP contribution in [0.2, 0.25) is 0 Å². The van der Waals surface area contributed by atoms with Crippen molar-refractivity contribution in [1.82, 2.24) is 10.2 Å². The van der Waals surface area contributed by atoms with E-state index in [4.69, 9.17) is 4.74 Å². The Morgan fingerprint density at radius 3 is 2.67 bits per heavy atom. The Morgan fingerprint density at radius 1 is 1.17 bits per heavy atom. The monoisotopic (exact) mass is 438 g/mol. The van der Waals surface area contributed by atoms with Gasteiger partial charge in [-0.2, -0.15) is 0 Å². The van der Waals surface area contributed by atoms with Gasteiger partial charge in [0.05, 0.1) is 18.6 Å². The van der Waals surface area contributed by atoms with Crippen molar-refractivity contribution in [3.8, 4) is 5.75 Å². The summed E-state index contributed by atoms with van der Waals surface area (Å²) in [6, 6.07) is 4.95. The number of ether oxygens (including phenoxy) is 1. The van der Waals surface area contributed by atoms with Crippen molar-refractivity contribution in [2.45, 2.75) is 38.6 Å². The average molecular weight is 439 g/mol. The van der Waals surface area contributed by atoms with Gasteiger partial charge in [0.15, 0.2) is 0 Å². The van der Waals surface area contributed by atoms with Crippen molar-refractivity contribution >= 4 is 33.2 Å². The van der Waals surface area contributed by atoms with Crippen molar-refractivity contribution in [3.63, 3.8) is 0 Å². The van der Waals surface area contributed by atoms with E-state index < -0.39 is 21.8 Å². The lowest BCUT2D eigenvalue weighted by atomic mass is 10.2. The third-order valence-corrected chi connectivity index (χ3v) is 7.52. The number of nitrogens with one attached hydrogen (secondary N) is 2. The van der Waals surface area contributed by atoms with Crippen LogP contribution in [0, 0.1) is 0 Å². The van der Waals surface area contributed by atoms with Crippen LogP contribution in [-0.2, 0) is 19.6 Å². The van der Waals surface area contributed by atoms with Crippen LogP contribution in [-0.4, -0.2) is 70.2 Å². The number of hydrogen-bond donors (Lipinski definition) is 2. The van der Waals surface area contributed by atoms with E-state index in [2.05, 4.69) is 22.5 Å². The fourth-order valence-electron chi connectivity index (χ4n) is 4.04. The van der Waals surface area contributed by atoms with Crippen LogP contribution in [0.15, 0.2) is 18.2 Å². The number of sulfonamides is 1. The van der Waals surface area contributed by atoms with Crippen molar-refractivity contribution in [1.29, 1.82) is 0 Å². The van der Waals surface area contributed by atoms with Gasteiger partial charge >= 0.3 is 11.8 Å². The van der Waals surface area contributed by atoms with Crippen LogP contribution in [0.25, 0.3) is 0 Å². The summed E-state index contributed by atoms with van der Waals surface area (Å²) < 4.78 is 31.6. The van der Waals surface area contributed by atoms with Gasteiger partial charge in [-0.3, -0.25) is 18.8 Å².